The Morgan fingerprint density at radius 1 is 1.21 bits per heavy atom. The number of benzene rings is 1. The topological polar surface area (TPSA) is 120 Å². The number of nitrogens with one attached hydrogen (secondary N) is 2. The maximum atomic E-state index is 12.7. The molecule has 2 N–H and O–H groups in total. The molecule has 1 atom stereocenters. The standard InChI is InChI=1S/C23H29N7O3/c1-15-25-21(9-22(26-15)27-20-13-30(14-20)16(2)31)23(32)24-10-19(28-33)12-29-8-7-17-5-3-4-6-18(17)11-29/h3-6,9,19-20H,7-8,10-14H2,1-2H3,(H,24,32)(H,25,26,27). The van der Waals surface area contributed by atoms with Crippen molar-refractivity contribution in [3.8, 4) is 0 Å². The smallest absolute Gasteiger partial charge is 0.270 e. The molecule has 33 heavy (non-hydrogen) atoms. The van der Waals surface area contributed by atoms with Gasteiger partial charge in [-0.1, -0.05) is 29.4 Å². The average molecular weight is 452 g/mol. The molecule has 174 valence electrons. The highest BCUT2D eigenvalue weighted by Crippen LogP contribution is 2.19. The largest absolute Gasteiger partial charge is 0.364 e. The molecule has 1 saturated heterocycles. The van der Waals surface area contributed by atoms with Crippen LogP contribution in [0.15, 0.2) is 35.5 Å². The molecule has 1 aromatic carbocycles. The van der Waals surface area contributed by atoms with Crippen LogP contribution in [0.4, 0.5) is 5.82 Å². The lowest BCUT2D eigenvalue weighted by atomic mass is 9.99. The predicted octanol–water partition coefficient (Wildman–Crippen LogP) is 1.35. The normalized spacial score (nSPS) is 17.0. The van der Waals surface area contributed by atoms with Crippen molar-refractivity contribution in [2.45, 2.75) is 38.9 Å². The molecule has 10 nitrogen and oxygen atoms in total. The molecule has 10 heteroatoms. The molecule has 0 bridgehead atoms. The van der Waals surface area contributed by atoms with Crippen LogP contribution in [0, 0.1) is 11.8 Å². The van der Waals surface area contributed by atoms with E-state index in [9.17, 15) is 14.5 Å². The van der Waals surface area contributed by atoms with Gasteiger partial charge in [-0.05, 0) is 24.5 Å². The van der Waals surface area contributed by atoms with Gasteiger partial charge in [0, 0.05) is 52.3 Å². The summed E-state index contributed by atoms with van der Waals surface area (Å²) in [5.41, 5.74) is 2.84. The number of hydrogen-bond acceptors (Lipinski definition) is 8. The number of aromatic nitrogens is 2. The number of carbonyl (C=O) groups excluding carboxylic acids is 2. The van der Waals surface area contributed by atoms with E-state index in [1.807, 2.05) is 12.1 Å². The van der Waals surface area contributed by atoms with Gasteiger partial charge in [0.1, 0.15) is 23.4 Å². The summed E-state index contributed by atoms with van der Waals surface area (Å²) >= 11 is 0. The Bertz CT molecular complexity index is 1040. The number of fused-ring (bicyclic) bond motifs is 1. The summed E-state index contributed by atoms with van der Waals surface area (Å²) in [5, 5.41) is 9.26. The second kappa shape index (κ2) is 10.0. The Hall–Kier alpha value is -3.40. The minimum absolute atomic E-state index is 0.0408. The highest BCUT2D eigenvalue weighted by Gasteiger charge is 2.29. The van der Waals surface area contributed by atoms with Crippen molar-refractivity contribution in [1.29, 1.82) is 0 Å². The zero-order chi connectivity index (χ0) is 23.4. The first kappa shape index (κ1) is 22.8. The number of likely N-dealkylation sites (tertiary alicyclic amines) is 1. The van der Waals surface area contributed by atoms with Crippen LogP contribution in [0.25, 0.3) is 0 Å². The van der Waals surface area contributed by atoms with E-state index in [0.29, 0.717) is 31.3 Å². The van der Waals surface area contributed by atoms with Gasteiger partial charge in [0.15, 0.2) is 0 Å². The quantitative estimate of drug-likeness (QED) is 0.581. The molecule has 0 spiro atoms. The lowest BCUT2D eigenvalue weighted by Crippen LogP contribution is -2.56. The summed E-state index contributed by atoms with van der Waals surface area (Å²) in [7, 11) is 0. The molecule has 1 unspecified atom stereocenters. The second-order valence-corrected chi connectivity index (χ2v) is 8.67. The van der Waals surface area contributed by atoms with Crippen molar-refractivity contribution >= 4 is 17.6 Å². The number of rotatable bonds is 8. The van der Waals surface area contributed by atoms with Crippen LogP contribution >= 0.6 is 0 Å². The third kappa shape index (κ3) is 5.70. The van der Waals surface area contributed by atoms with Crippen LogP contribution in [0.2, 0.25) is 0 Å². The minimum atomic E-state index is -0.549. The molecular formula is C23H29N7O3. The van der Waals surface area contributed by atoms with Crippen LogP contribution in [0.5, 0.6) is 0 Å². The summed E-state index contributed by atoms with van der Waals surface area (Å²) in [4.78, 5) is 47.9. The van der Waals surface area contributed by atoms with Gasteiger partial charge in [-0.25, -0.2) is 9.97 Å². The number of nitrogens with zero attached hydrogens (tertiary/aromatic N) is 5. The van der Waals surface area contributed by atoms with E-state index >= 15 is 0 Å². The van der Waals surface area contributed by atoms with E-state index < -0.39 is 6.04 Å². The number of amides is 2. The van der Waals surface area contributed by atoms with Gasteiger partial charge in [-0.15, -0.1) is 0 Å². The minimum Gasteiger partial charge on any atom is -0.364 e. The van der Waals surface area contributed by atoms with Gasteiger partial charge in [-0.2, -0.15) is 4.91 Å². The van der Waals surface area contributed by atoms with Crippen molar-refractivity contribution in [2.75, 3.05) is 38.0 Å². The number of aryl methyl sites for hydroxylation is 1. The summed E-state index contributed by atoms with van der Waals surface area (Å²) in [5.74, 6) is 0.669. The van der Waals surface area contributed by atoms with Crippen LogP contribution in [0.1, 0.15) is 34.4 Å². The second-order valence-electron chi connectivity index (χ2n) is 8.67. The molecule has 1 aromatic heterocycles. The average Bonchev–Trinajstić information content (AvgIpc) is 2.77. The van der Waals surface area contributed by atoms with E-state index in [1.54, 1.807) is 24.8 Å². The van der Waals surface area contributed by atoms with E-state index in [2.05, 4.69) is 42.8 Å². The number of hydrogen-bond donors (Lipinski definition) is 2. The van der Waals surface area contributed by atoms with Crippen molar-refractivity contribution in [3.05, 3.63) is 57.9 Å². The summed E-state index contributed by atoms with van der Waals surface area (Å²) in [6.07, 6.45) is 0.940. The van der Waals surface area contributed by atoms with Crippen LogP contribution in [0.3, 0.4) is 0 Å². The fourth-order valence-corrected chi connectivity index (χ4v) is 4.24. The van der Waals surface area contributed by atoms with Crippen molar-refractivity contribution < 1.29 is 9.59 Å². The monoisotopic (exact) mass is 451 g/mol. The van der Waals surface area contributed by atoms with Crippen molar-refractivity contribution in [3.63, 3.8) is 0 Å². The Morgan fingerprint density at radius 2 is 1.97 bits per heavy atom. The van der Waals surface area contributed by atoms with Crippen molar-refractivity contribution in [1.82, 2.24) is 25.1 Å². The fraction of sp³-hybridized carbons (Fsp3) is 0.478. The van der Waals surface area contributed by atoms with Gasteiger partial charge < -0.3 is 15.5 Å². The summed E-state index contributed by atoms with van der Waals surface area (Å²) in [6, 6.07) is 9.45. The highest BCUT2D eigenvalue weighted by molar-refractivity contribution is 5.93. The fourth-order valence-electron chi connectivity index (χ4n) is 4.24. The van der Waals surface area contributed by atoms with E-state index in [-0.39, 0.29) is 30.1 Å². The van der Waals surface area contributed by atoms with Crippen LogP contribution in [-0.4, -0.2) is 76.4 Å². The van der Waals surface area contributed by atoms with E-state index in [0.717, 1.165) is 19.5 Å². The first-order valence-electron chi connectivity index (χ1n) is 11.2. The molecule has 0 saturated carbocycles. The van der Waals surface area contributed by atoms with E-state index in [1.165, 1.54) is 11.1 Å². The Balaban J connectivity index is 1.30. The highest BCUT2D eigenvalue weighted by atomic mass is 16.3. The molecule has 0 aliphatic carbocycles. The van der Waals surface area contributed by atoms with Gasteiger partial charge in [0.25, 0.3) is 5.91 Å². The lowest BCUT2D eigenvalue weighted by Gasteiger charge is -2.39. The molecule has 2 aliphatic heterocycles. The van der Waals surface area contributed by atoms with E-state index in [4.69, 9.17) is 0 Å². The van der Waals surface area contributed by atoms with Crippen molar-refractivity contribution in [2.24, 2.45) is 5.18 Å². The number of nitroso groups, excluding NO2 is 1. The molecule has 1 fully saturated rings. The molecule has 3 heterocycles. The van der Waals surface area contributed by atoms with Gasteiger partial charge in [-0.3, -0.25) is 14.5 Å². The van der Waals surface area contributed by atoms with Crippen LogP contribution in [-0.2, 0) is 17.8 Å². The Labute approximate surface area is 192 Å². The number of carbonyl (C=O) groups is 2. The third-order valence-electron chi connectivity index (χ3n) is 6.08. The maximum Gasteiger partial charge on any atom is 0.270 e. The van der Waals surface area contributed by atoms with Gasteiger partial charge in [0.2, 0.25) is 5.91 Å². The SMILES string of the molecule is CC(=O)N1CC(Nc2cc(C(=O)NCC(CN3CCc4ccccc4C3)N=O)nc(C)n2)C1. The molecule has 2 aliphatic rings. The lowest BCUT2D eigenvalue weighted by molar-refractivity contribution is -0.132. The zero-order valence-corrected chi connectivity index (χ0v) is 19.0. The van der Waals surface area contributed by atoms with Crippen LogP contribution < -0.4 is 10.6 Å². The van der Waals surface area contributed by atoms with Gasteiger partial charge >= 0.3 is 0 Å². The molecular weight excluding hydrogens is 422 g/mol. The molecule has 2 amide bonds. The number of anilines is 1. The third-order valence-corrected chi connectivity index (χ3v) is 6.08. The Morgan fingerprint density at radius 3 is 2.70 bits per heavy atom. The Kier molecular flexibility index (Phi) is 6.93. The molecule has 4 rings (SSSR count). The molecule has 2 aromatic rings. The summed E-state index contributed by atoms with van der Waals surface area (Å²) in [6.45, 7) is 6.73. The maximum absolute atomic E-state index is 12.7. The van der Waals surface area contributed by atoms with Gasteiger partial charge in [0.05, 0.1) is 6.04 Å². The zero-order valence-electron chi connectivity index (χ0n) is 19.0. The molecule has 0 radical (unpaired) electrons. The summed E-state index contributed by atoms with van der Waals surface area (Å²) < 4.78 is 0. The first-order valence-corrected chi connectivity index (χ1v) is 11.2. The predicted molar refractivity (Wildman–Crippen MR) is 124 cm³/mol. The first-order chi connectivity index (χ1) is 15.9.